The average molecular weight is 291 g/mol. The number of nitrogens with two attached hydrogens (primary N) is 1. The van der Waals surface area contributed by atoms with Crippen LogP contribution in [-0.2, 0) is 10.0 Å². The summed E-state index contributed by atoms with van der Waals surface area (Å²) in [5.74, 6) is 0. The van der Waals surface area contributed by atoms with Crippen molar-refractivity contribution < 1.29 is 8.42 Å². The lowest BCUT2D eigenvalue weighted by atomic mass is 10.1. The first-order chi connectivity index (χ1) is 9.60. The van der Waals surface area contributed by atoms with Crippen LogP contribution in [0.2, 0.25) is 0 Å². The predicted molar refractivity (Wildman–Crippen MR) is 77.5 cm³/mol. The van der Waals surface area contributed by atoms with Gasteiger partial charge in [0.25, 0.3) is 0 Å². The fourth-order valence-corrected chi connectivity index (χ4v) is 4.44. The van der Waals surface area contributed by atoms with Crippen LogP contribution in [0.15, 0.2) is 41.4 Å². The van der Waals surface area contributed by atoms with Crippen molar-refractivity contribution in [2.75, 3.05) is 6.54 Å². The van der Waals surface area contributed by atoms with Gasteiger partial charge in [-0.25, -0.2) is 8.42 Å². The lowest BCUT2D eigenvalue weighted by Gasteiger charge is -2.32. The van der Waals surface area contributed by atoms with Gasteiger partial charge in [-0.1, -0.05) is 6.07 Å². The van der Waals surface area contributed by atoms with Crippen molar-refractivity contribution >= 4 is 20.9 Å². The Morgan fingerprint density at radius 3 is 2.85 bits per heavy atom. The van der Waals surface area contributed by atoms with Crippen LogP contribution in [0.4, 0.5) is 0 Å². The van der Waals surface area contributed by atoms with Gasteiger partial charge in [0.2, 0.25) is 10.0 Å². The monoisotopic (exact) mass is 291 g/mol. The Bertz CT molecular complexity index is 725. The summed E-state index contributed by atoms with van der Waals surface area (Å²) >= 11 is 0. The Hall–Kier alpha value is -1.50. The van der Waals surface area contributed by atoms with Crippen LogP contribution in [0, 0.1) is 0 Å². The molecular weight excluding hydrogens is 274 g/mol. The van der Waals surface area contributed by atoms with E-state index in [9.17, 15) is 8.42 Å². The molecule has 2 N–H and O–H groups in total. The fourth-order valence-electron chi connectivity index (χ4n) is 2.66. The fraction of sp³-hybridized carbons (Fsp3) is 0.357. The number of benzene rings is 1. The molecule has 0 radical (unpaired) electrons. The van der Waals surface area contributed by atoms with Crippen molar-refractivity contribution in [1.82, 2.24) is 9.29 Å². The van der Waals surface area contributed by atoms with Crippen molar-refractivity contribution in [1.29, 1.82) is 0 Å². The zero-order chi connectivity index (χ0) is 14.2. The van der Waals surface area contributed by atoms with Crippen LogP contribution in [0.3, 0.4) is 0 Å². The van der Waals surface area contributed by atoms with Crippen LogP contribution < -0.4 is 5.73 Å². The molecule has 1 unspecified atom stereocenters. The maximum Gasteiger partial charge on any atom is 0.245 e. The largest absolute Gasteiger partial charge is 0.315 e. The Morgan fingerprint density at radius 2 is 2.05 bits per heavy atom. The number of sulfonamides is 1. The maximum atomic E-state index is 12.8. The van der Waals surface area contributed by atoms with E-state index in [-0.39, 0.29) is 0 Å². The van der Waals surface area contributed by atoms with Gasteiger partial charge in [-0.15, -0.1) is 0 Å². The molecular formula is C14H17N3O2S. The highest BCUT2D eigenvalue weighted by Crippen LogP contribution is 2.27. The Balaban J connectivity index is 2.14. The minimum absolute atomic E-state index is 0.292. The highest BCUT2D eigenvalue weighted by molar-refractivity contribution is 7.89. The van der Waals surface area contributed by atoms with E-state index in [1.165, 1.54) is 4.31 Å². The van der Waals surface area contributed by atoms with Gasteiger partial charge in [0.05, 0.1) is 16.6 Å². The third-order valence-corrected chi connectivity index (χ3v) is 5.67. The van der Waals surface area contributed by atoms with Crippen molar-refractivity contribution in [2.24, 2.45) is 5.73 Å². The highest BCUT2D eigenvalue weighted by atomic mass is 32.2. The highest BCUT2D eigenvalue weighted by Gasteiger charge is 2.32. The lowest BCUT2D eigenvalue weighted by molar-refractivity contribution is 0.258. The van der Waals surface area contributed by atoms with E-state index in [2.05, 4.69) is 4.98 Å². The van der Waals surface area contributed by atoms with Gasteiger partial charge in [0, 0.05) is 18.1 Å². The second-order valence-corrected chi connectivity index (χ2v) is 6.86. The number of hydrogen-bond acceptors (Lipinski definition) is 4. The van der Waals surface area contributed by atoms with Crippen LogP contribution in [0.25, 0.3) is 10.9 Å². The van der Waals surface area contributed by atoms with Crippen LogP contribution in [0.1, 0.15) is 19.3 Å². The van der Waals surface area contributed by atoms with Crippen molar-refractivity contribution in [3.05, 3.63) is 36.5 Å². The van der Waals surface area contributed by atoms with Gasteiger partial charge in [-0.2, -0.15) is 4.31 Å². The summed E-state index contributed by atoms with van der Waals surface area (Å²) in [4.78, 5) is 4.50. The standard InChI is InChI=1S/C14H17N3O2S/c15-14-8-1-2-10-17(14)20(18,19)13-7-3-6-12-11(13)5-4-9-16-12/h3-7,9,14H,1-2,8,10,15H2. The quantitative estimate of drug-likeness (QED) is 0.913. The topological polar surface area (TPSA) is 76.3 Å². The number of hydrogen-bond donors (Lipinski definition) is 1. The molecule has 20 heavy (non-hydrogen) atoms. The molecule has 5 nitrogen and oxygen atoms in total. The van der Waals surface area contributed by atoms with E-state index in [0.29, 0.717) is 28.8 Å². The Kier molecular flexibility index (Phi) is 3.45. The van der Waals surface area contributed by atoms with Crippen LogP contribution >= 0.6 is 0 Å². The average Bonchev–Trinajstić information content (AvgIpc) is 2.47. The molecule has 2 heterocycles. The van der Waals surface area contributed by atoms with Gasteiger partial charge in [0.1, 0.15) is 0 Å². The number of rotatable bonds is 2. The normalized spacial score (nSPS) is 21.1. The molecule has 1 aromatic heterocycles. The van der Waals surface area contributed by atoms with Crippen molar-refractivity contribution in [2.45, 2.75) is 30.3 Å². The summed E-state index contributed by atoms with van der Waals surface area (Å²) in [6, 6.07) is 8.69. The molecule has 0 bridgehead atoms. The first-order valence-electron chi connectivity index (χ1n) is 6.72. The van der Waals surface area contributed by atoms with Gasteiger partial charge >= 0.3 is 0 Å². The number of nitrogens with zero attached hydrogens (tertiary/aromatic N) is 2. The summed E-state index contributed by atoms with van der Waals surface area (Å²) in [5, 5.41) is 0.646. The smallest absolute Gasteiger partial charge is 0.245 e. The summed E-state index contributed by atoms with van der Waals surface area (Å²) in [5.41, 5.74) is 6.66. The SMILES string of the molecule is NC1CCCCN1S(=O)(=O)c1cccc2ncccc12. The van der Waals surface area contributed by atoms with E-state index < -0.39 is 16.2 Å². The molecule has 1 fully saturated rings. The lowest BCUT2D eigenvalue weighted by Crippen LogP contribution is -2.48. The zero-order valence-electron chi connectivity index (χ0n) is 11.1. The van der Waals surface area contributed by atoms with Crippen LogP contribution in [0.5, 0.6) is 0 Å². The molecule has 1 aliphatic heterocycles. The molecule has 1 atom stereocenters. The zero-order valence-corrected chi connectivity index (χ0v) is 11.9. The van der Waals surface area contributed by atoms with Gasteiger partial charge < -0.3 is 5.73 Å². The Morgan fingerprint density at radius 1 is 1.20 bits per heavy atom. The minimum Gasteiger partial charge on any atom is -0.315 e. The molecule has 1 saturated heterocycles. The van der Waals surface area contributed by atoms with Gasteiger partial charge in [-0.05, 0) is 43.5 Å². The molecule has 3 rings (SSSR count). The molecule has 106 valence electrons. The molecule has 1 aliphatic rings. The summed E-state index contributed by atoms with van der Waals surface area (Å²) in [6.07, 6.45) is 3.77. The molecule has 0 aliphatic carbocycles. The number of piperidine rings is 1. The van der Waals surface area contributed by atoms with Gasteiger partial charge in [0.15, 0.2) is 0 Å². The van der Waals surface area contributed by atoms with E-state index in [1.54, 1.807) is 30.5 Å². The Labute approximate surface area is 118 Å². The van der Waals surface area contributed by atoms with E-state index in [1.807, 2.05) is 6.07 Å². The minimum atomic E-state index is -3.57. The third-order valence-electron chi connectivity index (χ3n) is 3.69. The van der Waals surface area contributed by atoms with Crippen molar-refractivity contribution in [3.63, 3.8) is 0 Å². The molecule has 0 saturated carbocycles. The number of fused-ring (bicyclic) bond motifs is 1. The molecule has 0 amide bonds. The van der Waals surface area contributed by atoms with E-state index in [4.69, 9.17) is 5.73 Å². The van der Waals surface area contributed by atoms with Crippen molar-refractivity contribution in [3.8, 4) is 0 Å². The summed E-state index contributed by atoms with van der Waals surface area (Å²) < 4.78 is 27.1. The number of pyridine rings is 1. The first-order valence-corrected chi connectivity index (χ1v) is 8.16. The molecule has 2 aromatic rings. The number of aromatic nitrogens is 1. The first kappa shape index (κ1) is 13.5. The van der Waals surface area contributed by atoms with Crippen LogP contribution in [-0.4, -0.2) is 30.4 Å². The van der Waals surface area contributed by atoms with Gasteiger partial charge in [-0.3, -0.25) is 4.98 Å². The van der Waals surface area contributed by atoms with E-state index >= 15 is 0 Å². The summed E-state index contributed by atoms with van der Waals surface area (Å²) in [7, 11) is -3.57. The molecule has 6 heteroatoms. The molecule has 1 aromatic carbocycles. The second-order valence-electron chi connectivity index (χ2n) is 5.01. The summed E-state index contributed by atoms with van der Waals surface area (Å²) in [6.45, 7) is 0.486. The van der Waals surface area contributed by atoms with E-state index in [0.717, 1.165) is 12.8 Å². The maximum absolute atomic E-state index is 12.8. The predicted octanol–water partition coefficient (Wildman–Crippen LogP) is 1.69. The third kappa shape index (κ3) is 2.19. The second kappa shape index (κ2) is 5.12. The molecule has 0 spiro atoms.